The number of anilines is 3. The van der Waals surface area contributed by atoms with Crippen LogP contribution in [0.2, 0.25) is 0 Å². The number of ether oxygens (including phenoxy) is 1. The summed E-state index contributed by atoms with van der Waals surface area (Å²) < 4.78 is 9.54. The molecule has 0 unspecified atom stereocenters. The second-order valence-corrected chi connectivity index (χ2v) is 6.18. The first kappa shape index (κ1) is 18.3. The average Bonchev–Trinajstić information content (AvgIpc) is 3.04. The molecule has 0 aromatic carbocycles. The van der Waals surface area contributed by atoms with Crippen molar-refractivity contribution in [2.45, 2.75) is 13.8 Å². The molecule has 0 fully saturated rings. The Morgan fingerprint density at radius 2 is 2.19 bits per heavy atom. The number of rotatable bonds is 6. The summed E-state index contributed by atoms with van der Waals surface area (Å²) in [5, 5.41) is 15.4. The van der Waals surface area contributed by atoms with Gasteiger partial charge in [0.05, 0.1) is 41.4 Å². The number of aryl methyl sites for hydroxylation is 1. The molecule has 0 aliphatic carbocycles. The zero-order valence-electron chi connectivity index (χ0n) is 14.7. The van der Waals surface area contributed by atoms with Crippen LogP contribution in [0.3, 0.4) is 0 Å². The highest BCUT2D eigenvalue weighted by Crippen LogP contribution is 2.28. The van der Waals surface area contributed by atoms with Crippen LogP contribution < -0.4 is 15.4 Å². The molecule has 0 aliphatic heterocycles. The SMILES string of the molecule is CCOc1ccc(NC(=O)c2c(C)nsc2Nc2cc(C#N)ccn2)cn1. The van der Waals surface area contributed by atoms with Gasteiger partial charge in [0.1, 0.15) is 10.8 Å². The molecule has 0 radical (unpaired) electrons. The lowest BCUT2D eigenvalue weighted by Crippen LogP contribution is -2.14. The van der Waals surface area contributed by atoms with Gasteiger partial charge in [-0.3, -0.25) is 4.79 Å². The van der Waals surface area contributed by atoms with Crippen molar-refractivity contribution >= 4 is 33.9 Å². The van der Waals surface area contributed by atoms with E-state index in [0.29, 0.717) is 45.8 Å². The number of nitrogens with one attached hydrogen (secondary N) is 2. The van der Waals surface area contributed by atoms with Gasteiger partial charge in [0.25, 0.3) is 5.91 Å². The van der Waals surface area contributed by atoms with Crippen molar-refractivity contribution < 1.29 is 9.53 Å². The van der Waals surface area contributed by atoms with Crippen molar-refractivity contribution in [2.24, 2.45) is 0 Å². The molecule has 27 heavy (non-hydrogen) atoms. The molecule has 3 heterocycles. The van der Waals surface area contributed by atoms with Crippen LogP contribution >= 0.6 is 11.5 Å². The Balaban J connectivity index is 1.79. The van der Waals surface area contributed by atoms with Crippen LogP contribution in [0.4, 0.5) is 16.5 Å². The molecule has 0 aliphatic rings. The molecular formula is C18H16N6O2S. The van der Waals surface area contributed by atoms with Crippen molar-refractivity contribution in [2.75, 3.05) is 17.2 Å². The number of hydrogen-bond donors (Lipinski definition) is 2. The maximum Gasteiger partial charge on any atom is 0.260 e. The molecule has 1 amide bonds. The third-order valence-corrected chi connectivity index (χ3v) is 4.36. The van der Waals surface area contributed by atoms with Gasteiger partial charge >= 0.3 is 0 Å². The Labute approximate surface area is 160 Å². The standard InChI is InChI=1S/C18H16N6O2S/c1-3-26-15-5-4-13(10-21-15)22-17(25)16-11(2)24-27-18(16)23-14-8-12(9-19)6-7-20-14/h4-8,10H,3H2,1-2H3,(H,20,23)(H,22,25). The molecule has 0 spiro atoms. The Morgan fingerprint density at radius 1 is 1.33 bits per heavy atom. The maximum atomic E-state index is 12.7. The van der Waals surface area contributed by atoms with Gasteiger partial charge < -0.3 is 15.4 Å². The van der Waals surface area contributed by atoms with E-state index in [1.807, 2.05) is 6.92 Å². The third-order valence-electron chi connectivity index (χ3n) is 3.51. The predicted octanol–water partition coefficient (Wildman–Crippen LogP) is 3.51. The minimum Gasteiger partial charge on any atom is -0.478 e. The molecular weight excluding hydrogens is 364 g/mol. The Kier molecular flexibility index (Phi) is 5.58. The molecule has 0 saturated heterocycles. The first-order valence-electron chi connectivity index (χ1n) is 8.10. The predicted molar refractivity (Wildman–Crippen MR) is 102 cm³/mol. The lowest BCUT2D eigenvalue weighted by Gasteiger charge is -2.09. The van der Waals surface area contributed by atoms with E-state index >= 15 is 0 Å². The summed E-state index contributed by atoms with van der Waals surface area (Å²) in [6, 6.07) is 8.67. The van der Waals surface area contributed by atoms with E-state index in [2.05, 4.69) is 31.0 Å². The minimum absolute atomic E-state index is 0.314. The van der Waals surface area contributed by atoms with Crippen molar-refractivity contribution in [3.05, 3.63) is 53.5 Å². The summed E-state index contributed by atoms with van der Waals surface area (Å²) in [7, 11) is 0. The second-order valence-electron chi connectivity index (χ2n) is 5.41. The molecule has 0 saturated carbocycles. The lowest BCUT2D eigenvalue weighted by molar-refractivity contribution is 0.102. The van der Waals surface area contributed by atoms with E-state index in [1.54, 1.807) is 31.2 Å². The van der Waals surface area contributed by atoms with E-state index in [-0.39, 0.29) is 5.91 Å². The zero-order chi connectivity index (χ0) is 19.2. The largest absolute Gasteiger partial charge is 0.478 e. The third kappa shape index (κ3) is 4.37. The van der Waals surface area contributed by atoms with Gasteiger partial charge in [0, 0.05) is 12.3 Å². The van der Waals surface area contributed by atoms with Crippen molar-refractivity contribution in [3.8, 4) is 11.9 Å². The number of hydrogen-bond acceptors (Lipinski definition) is 8. The highest BCUT2D eigenvalue weighted by atomic mass is 32.1. The number of nitriles is 1. The molecule has 136 valence electrons. The van der Waals surface area contributed by atoms with Gasteiger partial charge in [-0.15, -0.1) is 0 Å². The monoisotopic (exact) mass is 380 g/mol. The Bertz CT molecular complexity index is 994. The van der Waals surface area contributed by atoms with E-state index < -0.39 is 0 Å². The maximum absolute atomic E-state index is 12.7. The normalized spacial score (nSPS) is 10.1. The van der Waals surface area contributed by atoms with Gasteiger partial charge in [-0.05, 0) is 43.6 Å². The fraction of sp³-hybridized carbons (Fsp3) is 0.167. The quantitative estimate of drug-likeness (QED) is 0.673. The van der Waals surface area contributed by atoms with Gasteiger partial charge in [0.2, 0.25) is 5.88 Å². The summed E-state index contributed by atoms with van der Waals surface area (Å²) >= 11 is 1.15. The molecule has 3 aromatic heterocycles. The van der Waals surface area contributed by atoms with Crippen molar-refractivity contribution in [1.82, 2.24) is 14.3 Å². The lowest BCUT2D eigenvalue weighted by atomic mass is 10.2. The van der Waals surface area contributed by atoms with Crippen LogP contribution in [0.1, 0.15) is 28.5 Å². The van der Waals surface area contributed by atoms with Crippen LogP contribution in [0, 0.1) is 18.3 Å². The van der Waals surface area contributed by atoms with E-state index in [9.17, 15) is 4.79 Å². The zero-order valence-corrected chi connectivity index (χ0v) is 15.5. The molecule has 3 aromatic rings. The highest BCUT2D eigenvalue weighted by Gasteiger charge is 2.19. The number of pyridine rings is 2. The molecule has 8 nitrogen and oxygen atoms in total. The minimum atomic E-state index is -0.314. The van der Waals surface area contributed by atoms with Crippen LogP contribution in [0.25, 0.3) is 0 Å². The highest BCUT2D eigenvalue weighted by molar-refractivity contribution is 7.10. The van der Waals surface area contributed by atoms with Crippen molar-refractivity contribution in [3.63, 3.8) is 0 Å². The Morgan fingerprint density at radius 3 is 2.89 bits per heavy atom. The van der Waals surface area contributed by atoms with Crippen LogP contribution in [0.15, 0.2) is 36.7 Å². The summed E-state index contributed by atoms with van der Waals surface area (Å²) in [6.45, 7) is 4.15. The first-order chi connectivity index (χ1) is 13.1. The average molecular weight is 380 g/mol. The molecule has 9 heteroatoms. The van der Waals surface area contributed by atoms with Gasteiger partial charge in [-0.25, -0.2) is 9.97 Å². The summed E-state index contributed by atoms with van der Waals surface area (Å²) in [5.41, 5.74) is 2.03. The van der Waals surface area contributed by atoms with Crippen LogP contribution in [0.5, 0.6) is 5.88 Å². The van der Waals surface area contributed by atoms with Crippen molar-refractivity contribution in [1.29, 1.82) is 5.26 Å². The number of amides is 1. The fourth-order valence-corrected chi connectivity index (χ4v) is 3.09. The number of carbonyl (C=O) groups is 1. The molecule has 0 atom stereocenters. The van der Waals surface area contributed by atoms with Gasteiger partial charge in [-0.1, -0.05) is 0 Å². The van der Waals surface area contributed by atoms with E-state index in [0.717, 1.165) is 11.5 Å². The van der Waals surface area contributed by atoms with Crippen LogP contribution in [-0.4, -0.2) is 26.9 Å². The second kappa shape index (κ2) is 8.25. The smallest absolute Gasteiger partial charge is 0.260 e. The number of carbonyl (C=O) groups excluding carboxylic acids is 1. The summed E-state index contributed by atoms with van der Waals surface area (Å²) in [5.74, 6) is 0.648. The number of nitrogens with zero attached hydrogens (tertiary/aromatic N) is 4. The fourth-order valence-electron chi connectivity index (χ4n) is 2.29. The van der Waals surface area contributed by atoms with Gasteiger partial charge in [-0.2, -0.15) is 9.64 Å². The first-order valence-corrected chi connectivity index (χ1v) is 8.87. The number of aromatic nitrogens is 3. The van der Waals surface area contributed by atoms with Crippen LogP contribution in [-0.2, 0) is 0 Å². The summed E-state index contributed by atoms with van der Waals surface area (Å²) in [6.07, 6.45) is 3.06. The molecule has 3 rings (SSSR count). The van der Waals surface area contributed by atoms with E-state index in [4.69, 9.17) is 10.00 Å². The molecule has 2 N–H and O–H groups in total. The molecule has 0 bridgehead atoms. The van der Waals surface area contributed by atoms with Gasteiger partial charge in [0.15, 0.2) is 0 Å². The topological polar surface area (TPSA) is 113 Å². The van der Waals surface area contributed by atoms with E-state index in [1.165, 1.54) is 12.4 Å². The Hall–Kier alpha value is -3.51. The summed E-state index contributed by atoms with van der Waals surface area (Å²) in [4.78, 5) is 21.0.